The van der Waals surface area contributed by atoms with Crippen LogP contribution >= 0.6 is 11.8 Å². The van der Waals surface area contributed by atoms with Gasteiger partial charge in [-0.05, 0) is 138 Å². The molecule has 1 aromatic heterocycles. The number of aliphatic carboxylic acids is 1. The number of amides is 11. The zero-order chi connectivity index (χ0) is 77.5. The number of carbonyl (C=O) groups excluding carboxylic acids is 11. The summed E-state index contributed by atoms with van der Waals surface area (Å²) in [6.07, 6.45) is 7.46. The van der Waals surface area contributed by atoms with Crippen LogP contribution in [0.15, 0.2) is 41.8 Å². The molecule has 0 radical (unpaired) electrons. The smallest absolute Gasteiger partial charge is 0.326 e. The molecule has 25 N–H and O–H groups in total. The van der Waals surface area contributed by atoms with Gasteiger partial charge in [0.1, 0.15) is 72.2 Å². The molecule has 0 spiro atoms. The Morgan fingerprint density at radius 3 is 1.41 bits per heavy atom. The average Bonchev–Trinajstić information content (AvgIpc) is 1.19. The lowest BCUT2D eigenvalue weighted by molar-refractivity contribution is -0.142. The number of aliphatic hydroxyl groups excluding tert-OH is 1. The number of aromatic amines is 1. The van der Waals surface area contributed by atoms with Gasteiger partial charge in [0, 0.05) is 31.3 Å². The number of imidazole rings is 1. The maximum atomic E-state index is 14.7. The van der Waals surface area contributed by atoms with Crippen LogP contribution in [0.3, 0.4) is 0 Å². The van der Waals surface area contributed by atoms with E-state index < -0.39 is 168 Å². The van der Waals surface area contributed by atoms with Crippen LogP contribution in [0.25, 0.3) is 0 Å². The number of hydrogen-bond acceptors (Lipinski definition) is 20. The molecule has 2 rings (SSSR count). The number of nitrogens with two attached hydrogens (primary N) is 5. The van der Waals surface area contributed by atoms with E-state index in [2.05, 4.69) is 73.4 Å². The largest absolute Gasteiger partial charge is 0.508 e. The first-order chi connectivity index (χ1) is 48.8. The third-order valence-corrected chi connectivity index (χ3v) is 18.2. The van der Waals surface area contributed by atoms with E-state index in [1.165, 1.54) is 55.5 Å². The van der Waals surface area contributed by atoms with Crippen LogP contribution in [0.1, 0.15) is 157 Å². The van der Waals surface area contributed by atoms with Gasteiger partial charge in [0.05, 0.1) is 19.0 Å². The van der Waals surface area contributed by atoms with E-state index in [0.717, 1.165) is 0 Å². The number of benzene rings is 1. The van der Waals surface area contributed by atoms with Gasteiger partial charge in [0.25, 0.3) is 0 Å². The summed E-state index contributed by atoms with van der Waals surface area (Å²) in [5, 5.41) is 59.7. The number of hydrogen-bond donors (Lipinski definition) is 20. The van der Waals surface area contributed by atoms with Gasteiger partial charge >= 0.3 is 5.97 Å². The molecule has 0 saturated carbocycles. The van der Waals surface area contributed by atoms with Crippen LogP contribution < -0.4 is 87.2 Å². The second kappa shape index (κ2) is 48.3. The van der Waals surface area contributed by atoms with E-state index in [0.29, 0.717) is 68.5 Å². The highest BCUT2D eigenvalue weighted by molar-refractivity contribution is 7.98. The number of aromatic nitrogens is 2. The minimum Gasteiger partial charge on any atom is -0.508 e. The molecule has 11 amide bonds. The van der Waals surface area contributed by atoms with E-state index in [4.69, 9.17) is 28.7 Å². The molecule has 0 fully saturated rings. The molecule has 1 heterocycles. The summed E-state index contributed by atoms with van der Waals surface area (Å²) in [7, 11) is 0. The molecule has 35 heteroatoms. The molecule has 0 unspecified atom stereocenters. The van der Waals surface area contributed by atoms with Gasteiger partial charge in [-0.3, -0.25) is 57.7 Å². The van der Waals surface area contributed by atoms with Gasteiger partial charge in [-0.2, -0.15) is 11.8 Å². The van der Waals surface area contributed by atoms with Crippen LogP contribution in [0.4, 0.5) is 0 Å². The summed E-state index contributed by atoms with van der Waals surface area (Å²) in [6, 6.07) is -10.3. The van der Waals surface area contributed by atoms with Crippen molar-refractivity contribution >= 4 is 88.7 Å². The minimum atomic E-state index is -1.74. The molecule has 103 heavy (non-hydrogen) atoms. The molecule has 1 aromatic carbocycles. The Morgan fingerprint density at radius 2 is 0.932 bits per heavy atom. The van der Waals surface area contributed by atoms with Crippen LogP contribution in [0.2, 0.25) is 0 Å². The number of carboxylic acid groups (broad SMARTS) is 1. The Hall–Kier alpha value is -8.67. The molecule has 0 aliphatic carbocycles. The number of rotatable bonds is 51. The lowest BCUT2D eigenvalue weighted by atomic mass is 9.94. The van der Waals surface area contributed by atoms with Gasteiger partial charge in [0.15, 0.2) is 5.96 Å². The first-order valence-corrected chi connectivity index (χ1v) is 36.8. The molecular formula is C68H117N19O15S. The highest BCUT2D eigenvalue weighted by Crippen LogP contribution is 2.18. The van der Waals surface area contributed by atoms with Gasteiger partial charge in [-0.25, -0.2) is 9.78 Å². The molecule has 34 nitrogen and oxygen atoms in total. The molecular weight excluding hydrogens is 1350 g/mol. The van der Waals surface area contributed by atoms with Crippen molar-refractivity contribution in [3.63, 3.8) is 0 Å². The number of aliphatic hydroxyl groups is 1. The maximum absolute atomic E-state index is 14.7. The lowest BCUT2D eigenvalue weighted by Gasteiger charge is -2.31. The summed E-state index contributed by atoms with van der Waals surface area (Å²) in [4.78, 5) is 179. The fraction of sp³-hybridized carbons (Fsp3) is 0.676. The summed E-state index contributed by atoms with van der Waals surface area (Å²) >= 11 is 1.51. The molecule has 0 bridgehead atoms. The number of guanidine groups is 1. The van der Waals surface area contributed by atoms with Gasteiger partial charge in [0.2, 0.25) is 65.0 Å². The van der Waals surface area contributed by atoms with Gasteiger partial charge in [-0.15, -0.1) is 0 Å². The lowest BCUT2D eigenvalue weighted by Crippen LogP contribution is -2.62. The number of phenols is 1. The number of H-pyrrole nitrogens is 1. The summed E-state index contributed by atoms with van der Waals surface area (Å²) < 4.78 is 0. The van der Waals surface area contributed by atoms with Crippen molar-refractivity contribution in [3.05, 3.63) is 48.0 Å². The predicted octanol–water partition coefficient (Wildman–Crippen LogP) is -2.09. The number of aromatic hydroxyl groups is 1. The summed E-state index contributed by atoms with van der Waals surface area (Å²) in [5.74, 6) is -12.0. The topological polar surface area (TPSA) is 569 Å². The Balaban J connectivity index is 2.48. The van der Waals surface area contributed by atoms with Crippen LogP contribution in [0, 0.1) is 23.7 Å². The van der Waals surface area contributed by atoms with Crippen LogP contribution in [0.5, 0.6) is 5.75 Å². The highest BCUT2D eigenvalue weighted by atomic mass is 32.2. The number of unbranched alkanes of at least 4 members (excludes halogenated alkanes) is 2. The molecule has 0 saturated heterocycles. The molecule has 0 aliphatic heterocycles. The Bertz CT molecular complexity index is 3040. The first kappa shape index (κ1) is 90.4. The van der Waals surface area contributed by atoms with Crippen molar-refractivity contribution in [1.29, 1.82) is 0 Å². The monoisotopic (exact) mass is 1470 g/mol. The number of thioether (sulfide) groups is 1. The van der Waals surface area contributed by atoms with Crippen LogP contribution in [-0.4, -0.2) is 213 Å². The molecule has 0 aliphatic rings. The highest BCUT2D eigenvalue weighted by Gasteiger charge is 2.39. The van der Waals surface area contributed by atoms with E-state index in [9.17, 15) is 72.9 Å². The Labute approximate surface area is 608 Å². The summed E-state index contributed by atoms with van der Waals surface area (Å²) in [6.45, 7) is 14.9. The number of carbonyl (C=O) groups is 12. The normalized spacial score (nSPS) is 15.6. The number of phenolic OH excluding ortho intramolecular Hbond substituents is 1. The van der Waals surface area contributed by atoms with Gasteiger partial charge in [-0.1, -0.05) is 86.8 Å². The van der Waals surface area contributed by atoms with Crippen molar-refractivity contribution in [2.45, 2.75) is 231 Å². The summed E-state index contributed by atoms with van der Waals surface area (Å²) in [5.41, 5.74) is 29.5. The third kappa shape index (κ3) is 33.1. The number of aliphatic imine (C=N–C) groups is 1. The van der Waals surface area contributed by atoms with E-state index in [-0.39, 0.29) is 82.1 Å². The van der Waals surface area contributed by atoms with Crippen molar-refractivity contribution in [3.8, 4) is 5.75 Å². The number of nitrogens with zero attached hydrogens (tertiary/aromatic N) is 2. The third-order valence-electron chi connectivity index (χ3n) is 17.6. The number of carboxylic acids is 1. The fourth-order valence-electron chi connectivity index (χ4n) is 10.6. The van der Waals surface area contributed by atoms with Crippen molar-refractivity contribution in [1.82, 2.24) is 68.5 Å². The SMILES string of the molecule is CC[C@H](C)[C@H](NC(=O)[C@H](CC(C)C)NC(=O)[C@H](C)NC(=O)[C@H](CCCN=C(N)N)NC(=O)[C@H](Cc1ccc(O)cc1)NC(=O)[C@@H](NC(=O)[C@@H](NC(=O)[C@@H](N)CCSC)[C@@H](C)CC)[C@@H](C)CC)C(=O)N[C@@H](CO)C(=O)N[C@@H](Cc1cnc[nH]1)C(=O)N[C@@H](CCCCN)C(=O)N[C@@H](CCCCN)C(=O)O. The fourth-order valence-corrected chi connectivity index (χ4v) is 11.1. The standard InChI is InChI=1S/C68H117N19O15S/c1-11-38(6)53(65(99)84-52(35-88)63(97)82-51(33-43-34-74-36-76-43)61(95)78-46(19-14-16-27-69)59(93)80-48(67(101)102)20-15-17-28-70)86-62(96)49(31-37(4)5)81-56(90)41(9)77-58(92)47(21-18-29-75-68(72)73)79-60(94)50(32-42-22-24-44(89)25-23-42)83-64(98)54(39(7)12-2)87-66(100)55(40(8)13-3)85-57(91)45(71)26-30-103-10/h22-25,34,36-41,45-55,88-89H,11-21,26-33,35,69-71H2,1-10H3,(H,74,76)(H,77,92)(H,78,95)(H,79,94)(H,80,93)(H,81,90)(H,82,97)(H,83,98)(H,84,99)(H,85,91)(H,86,96)(H,87,100)(H,101,102)(H4,72,73,75)/t38-,39-,40-,41-,45-,46-,47-,48-,49-,50-,51-,52-,53-,54-,55-/m0/s1. The predicted molar refractivity (Wildman–Crippen MR) is 390 cm³/mol. The first-order valence-electron chi connectivity index (χ1n) is 35.4. The second-order valence-corrected chi connectivity index (χ2v) is 27.5. The van der Waals surface area contributed by atoms with Gasteiger partial charge < -0.3 is 107 Å². The molecule has 2 aromatic rings. The van der Waals surface area contributed by atoms with Crippen LogP contribution in [-0.2, 0) is 70.4 Å². The van der Waals surface area contributed by atoms with E-state index in [1.807, 2.05) is 13.2 Å². The van der Waals surface area contributed by atoms with Crippen molar-refractivity contribution in [2.24, 2.45) is 57.3 Å². The van der Waals surface area contributed by atoms with E-state index >= 15 is 0 Å². The Kier molecular flexibility index (Phi) is 42.4. The Morgan fingerprint density at radius 1 is 0.515 bits per heavy atom. The minimum absolute atomic E-state index is 0.000395. The average molecular weight is 1470 g/mol. The zero-order valence-electron chi connectivity index (χ0n) is 61.3. The quantitative estimate of drug-likeness (QED) is 0.0192. The number of nitrogens with one attached hydrogen (secondary N) is 12. The molecule has 580 valence electrons. The molecule has 15 atom stereocenters. The maximum Gasteiger partial charge on any atom is 0.326 e. The van der Waals surface area contributed by atoms with Crippen molar-refractivity contribution < 1.29 is 72.9 Å². The van der Waals surface area contributed by atoms with E-state index in [1.54, 1.807) is 48.5 Å². The van der Waals surface area contributed by atoms with Crippen molar-refractivity contribution in [2.75, 3.05) is 38.2 Å². The zero-order valence-corrected chi connectivity index (χ0v) is 62.1. The second-order valence-electron chi connectivity index (χ2n) is 26.5.